The van der Waals surface area contributed by atoms with Crippen LogP contribution in [0.1, 0.15) is 5.69 Å². The number of nitrogens with one attached hydrogen (secondary N) is 2. The summed E-state index contributed by atoms with van der Waals surface area (Å²) >= 11 is 0. The van der Waals surface area contributed by atoms with E-state index in [9.17, 15) is 0 Å². The molecule has 0 saturated carbocycles. The van der Waals surface area contributed by atoms with Crippen molar-refractivity contribution in [3.8, 4) is 0 Å². The first-order chi connectivity index (χ1) is 8.84. The molecule has 3 rings (SSSR count). The van der Waals surface area contributed by atoms with Gasteiger partial charge in [-0.2, -0.15) is 0 Å². The Morgan fingerprint density at radius 2 is 2.22 bits per heavy atom. The van der Waals surface area contributed by atoms with Gasteiger partial charge in [0, 0.05) is 23.5 Å². The van der Waals surface area contributed by atoms with E-state index >= 15 is 0 Å². The highest BCUT2D eigenvalue weighted by atomic mass is 14.9. The number of nitrogens with zero attached hydrogens (tertiary/aromatic N) is 2. The molecule has 0 aliphatic carbocycles. The van der Waals surface area contributed by atoms with Gasteiger partial charge in [-0.25, -0.2) is 4.98 Å². The number of aromatic amines is 1. The molecule has 0 aliphatic rings. The number of fused-ring (bicyclic) bond motifs is 1. The van der Waals surface area contributed by atoms with E-state index in [0.29, 0.717) is 12.2 Å². The van der Waals surface area contributed by atoms with Crippen molar-refractivity contribution in [1.29, 1.82) is 0 Å². The number of aromatic nitrogens is 3. The summed E-state index contributed by atoms with van der Waals surface area (Å²) in [6.45, 7) is 0.688. The Balaban J connectivity index is 1.94. The molecule has 0 aliphatic heterocycles. The van der Waals surface area contributed by atoms with Gasteiger partial charge in [0.05, 0.1) is 29.8 Å². The van der Waals surface area contributed by atoms with E-state index in [0.717, 1.165) is 22.3 Å². The molecule has 5 heteroatoms. The van der Waals surface area contributed by atoms with Crippen LogP contribution in [0.5, 0.6) is 0 Å². The van der Waals surface area contributed by atoms with Gasteiger partial charge in [0.2, 0.25) is 0 Å². The van der Waals surface area contributed by atoms with Gasteiger partial charge in [0.15, 0.2) is 0 Å². The molecular weight excluding hydrogens is 226 g/mol. The lowest BCUT2D eigenvalue weighted by atomic mass is 10.1. The van der Waals surface area contributed by atoms with E-state index in [1.165, 1.54) is 0 Å². The smallest absolute Gasteiger partial charge is 0.0951 e. The van der Waals surface area contributed by atoms with Crippen LogP contribution >= 0.6 is 0 Å². The molecule has 0 bridgehead atoms. The SMILES string of the molecule is Nc1ccc(NCc2cnc[nH]2)c2cccnc12. The number of pyridine rings is 1. The minimum absolute atomic E-state index is 0.688. The van der Waals surface area contributed by atoms with Crippen LogP contribution in [-0.2, 0) is 6.54 Å². The van der Waals surface area contributed by atoms with Crippen molar-refractivity contribution in [2.24, 2.45) is 0 Å². The second kappa shape index (κ2) is 4.37. The van der Waals surface area contributed by atoms with Crippen molar-refractivity contribution in [2.45, 2.75) is 6.54 Å². The zero-order valence-electron chi connectivity index (χ0n) is 9.72. The van der Waals surface area contributed by atoms with E-state index in [1.807, 2.05) is 24.3 Å². The number of hydrogen-bond donors (Lipinski definition) is 3. The summed E-state index contributed by atoms with van der Waals surface area (Å²) < 4.78 is 0. The van der Waals surface area contributed by atoms with Crippen LogP contribution in [0.4, 0.5) is 11.4 Å². The monoisotopic (exact) mass is 239 g/mol. The van der Waals surface area contributed by atoms with Gasteiger partial charge < -0.3 is 16.0 Å². The maximum atomic E-state index is 5.91. The van der Waals surface area contributed by atoms with Gasteiger partial charge in [0.1, 0.15) is 0 Å². The number of imidazole rings is 1. The summed E-state index contributed by atoms with van der Waals surface area (Å²) in [5.41, 5.74) is 9.47. The third-order valence-electron chi connectivity index (χ3n) is 2.83. The van der Waals surface area contributed by atoms with Crippen molar-refractivity contribution in [1.82, 2.24) is 15.0 Å². The molecule has 0 radical (unpaired) electrons. The van der Waals surface area contributed by atoms with E-state index in [2.05, 4.69) is 20.3 Å². The number of H-pyrrole nitrogens is 1. The third kappa shape index (κ3) is 1.86. The summed E-state index contributed by atoms with van der Waals surface area (Å²) in [7, 11) is 0. The number of rotatable bonds is 3. The van der Waals surface area contributed by atoms with Crippen molar-refractivity contribution in [2.75, 3.05) is 11.1 Å². The fourth-order valence-electron chi connectivity index (χ4n) is 1.92. The lowest BCUT2D eigenvalue weighted by molar-refractivity contribution is 1.08. The molecule has 4 N–H and O–H groups in total. The number of nitrogen functional groups attached to an aromatic ring is 1. The van der Waals surface area contributed by atoms with Crippen molar-refractivity contribution < 1.29 is 0 Å². The van der Waals surface area contributed by atoms with Crippen molar-refractivity contribution in [3.63, 3.8) is 0 Å². The molecule has 0 saturated heterocycles. The van der Waals surface area contributed by atoms with Crippen molar-refractivity contribution in [3.05, 3.63) is 48.7 Å². The van der Waals surface area contributed by atoms with Crippen LogP contribution in [0.25, 0.3) is 10.9 Å². The number of anilines is 2. The Morgan fingerprint density at radius 1 is 1.28 bits per heavy atom. The first-order valence-corrected chi connectivity index (χ1v) is 5.69. The van der Waals surface area contributed by atoms with Crippen LogP contribution in [0.2, 0.25) is 0 Å². The number of nitrogens with two attached hydrogens (primary N) is 1. The molecule has 18 heavy (non-hydrogen) atoms. The highest BCUT2D eigenvalue weighted by Gasteiger charge is 2.04. The molecule has 0 amide bonds. The topological polar surface area (TPSA) is 79.6 Å². The normalized spacial score (nSPS) is 10.7. The van der Waals surface area contributed by atoms with Crippen LogP contribution < -0.4 is 11.1 Å². The lowest BCUT2D eigenvalue weighted by Gasteiger charge is -2.09. The molecule has 0 fully saturated rings. The molecule has 1 aromatic carbocycles. The standard InChI is InChI=1S/C13H13N5/c14-11-3-4-12(10-2-1-5-16-13(10)11)17-7-9-6-15-8-18-9/h1-6,8,17H,7,14H2,(H,15,18). The summed E-state index contributed by atoms with van der Waals surface area (Å²) in [5.74, 6) is 0. The Hall–Kier alpha value is -2.56. The zero-order valence-corrected chi connectivity index (χ0v) is 9.72. The molecule has 2 heterocycles. The van der Waals surface area contributed by atoms with Gasteiger partial charge in [-0.05, 0) is 24.3 Å². The number of benzene rings is 1. The maximum absolute atomic E-state index is 5.91. The molecule has 3 aromatic rings. The largest absolute Gasteiger partial charge is 0.397 e. The van der Waals surface area contributed by atoms with Crippen molar-refractivity contribution >= 4 is 22.3 Å². The molecule has 5 nitrogen and oxygen atoms in total. The number of hydrogen-bond acceptors (Lipinski definition) is 4. The van der Waals surface area contributed by atoms with Crippen LogP contribution in [0.3, 0.4) is 0 Å². The summed E-state index contributed by atoms with van der Waals surface area (Å²) in [5, 5.41) is 4.38. The first-order valence-electron chi connectivity index (χ1n) is 5.69. The lowest BCUT2D eigenvalue weighted by Crippen LogP contribution is -2.01. The minimum Gasteiger partial charge on any atom is -0.397 e. The Labute approximate surface area is 104 Å². The van der Waals surface area contributed by atoms with Crippen LogP contribution in [0.15, 0.2) is 43.0 Å². The maximum Gasteiger partial charge on any atom is 0.0951 e. The van der Waals surface area contributed by atoms with Crippen LogP contribution in [0, 0.1) is 0 Å². The van der Waals surface area contributed by atoms with E-state index in [4.69, 9.17) is 5.73 Å². The summed E-state index contributed by atoms with van der Waals surface area (Å²) in [4.78, 5) is 11.3. The molecule has 2 aromatic heterocycles. The second-order valence-electron chi connectivity index (χ2n) is 4.03. The van der Waals surface area contributed by atoms with Gasteiger partial charge in [-0.15, -0.1) is 0 Å². The Morgan fingerprint density at radius 3 is 3.06 bits per heavy atom. The van der Waals surface area contributed by atoms with E-state index in [1.54, 1.807) is 18.7 Å². The quantitative estimate of drug-likeness (QED) is 0.612. The van der Waals surface area contributed by atoms with E-state index < -0.39 is 0 Å². The first kappa shape index (κ1) is 10.6. The Kier molecular flexibility index (Phi) is 2.57. The average Bonchev–Trinajstić information content (AvgIpc) is 2.92. The average molecular weight is 239 g/mol. The van der Waals surface area contributed by atoms with Gasteiger partial charge in [0.25, 0.3) is 0 Å². The van der Waals surface area contributed by atoms with Gasteiger partial charge in [-0.1, -0.05) is 0 Å². The van der Waals surface area contributed by atoms with Gasteiger partial charge >= 0.3 is 0 Å². The highest BCUT2D eigenvalue weighted by Crippen LogP contribution is 2.26. The van der Waals surface area contributed by atoms with E-state index in [-0.39, 0.29) is 0 Å². The molecule has 0 unspecified atom stereocenters. The third-order valence-corrected chi connectivity index (χ3v) is 2.83. The Bertz CT molecular complexity index is 660. The zero-order chi connectivity index (χ0) is 12.4. The van der Waals surface area contributed by atoms with Gasteiger partial charge in [-0.3, -0.25) is 4.98 Å². The minimum atomic E-state index is 0.688. The predicted octanol–water partition coefficient (Wildman–Crippen LogP) is 2.15. The molecular formula is C13H13N5. The summed E-state index contributed by atoms with van der Waals surface area (Å²) in [6.07, 6.45) is 5.21. The second-order valence-corrected chi connectivity index (χ2v) is 4.03. The highest BCUT2D eigenvalue weighted by molar-refractivity contribution is 5.98. The fourth-order valence-corrected chi connectivity index (χ4v) is 1.92. The molecule has 90 valence electrons. The van der Waals surface area contributed by atoms with Crippen LogP contribution in [-0.4, -0.2) is 15.0 Å². The predicted molar refractivity (Wildman–Crippen MR) is 72.1 cm³/mol. The molecule has 0 atom stereocenters. The molecule has 0 spiro atoms. The fraction of sp³-hybridized carbons (Fsp3) is 0.0769. The summed E-state index contributed by atoms with van der Waals surface area (Å²) in [6, 6.07) is 7.75.